The molecule has 58 valence electrons. The van der Waals surface area contributed by atoms with Crippen molar-refractivity contribution in [3.63, 3.8) is 0 Å². The number of carbonyl (C=O) groups is 1. The Morgan fingerprint density at radius 3 is 2.70 bits per heavy atom. The normalized spacial score (nSPS) is 37.7. The average molecular weight is 161 g/mol. The van der Waals surface area contributed by atoms with Crippen molar-refractivity contribution >= 4 is 17.4 Å². The van der Waals surface area contributed by atoms with Gasteiger partial charge < -0.3 is 0 Å². The third-order valence-corrected chi connectivity index (χ3v) is 2.91. The first-order valence-corrected chi connectivity index (χ1v) is 4.28. The van der Waals surface area contributed by atoms with Crippen LogP contribution in [0.3, 0.4) is 0 Å². The summed E-state index contributed by atoms with van der Waals surface area (Å²) < 4.78 is 0. The van der Waals surface area contributed by atoms with Crippen LogP contribution in [0.15, 0.2) is 0 Å². The van der Waals surface area contributed by atoms with Crippen molar-refractivity contribution in [1.82, 2.24) is 0 Å². The molecule has 1 saturated carbocycles. The molecule has 0 unspecified atom stereocenters. The molecule has 0 heterocycles. The monoisotopic (exact) mass is 160 g/mol. The molecule has 1 aliphatic carbocycles. The lowest BCUT2D eigenvalue weighted by Gasteiger charge is -2.04. The summed E-state index contributed by atoms with van der Waals surface area (Å²) in [7, 11) is 0. The largest absolute Gasteiger partial charge is 0.298 e. The number of hydrogen-bond donors (Lipinski definition) is 0. The van der Waals surface area contributed by atoms with Gasteiger partial charge in [0.2, 0.25) is 0 Å². The molecule has 2 atom stereocenters. The molecule has 0 spiro atoms. The predicted molar refractivity (Wildman–Crippen MR) is 42.2 cm³/mol. The van der Waals surface area contributed by atoms with Gasteiger partial charge in [0.15, 0.2) is 5.78 Å². The van der Waals surface area contributed by atoms with Crippen LogP contribution in [0, 0.1) is 11.3 Å². The van der Waals surface area contributed by atoms with Gasteiger partial charge in [-0.2, -0.15) is 0 Å². The van der Waals surface area contributed by atoms with Gasteiger partial charge in [-0.15, -0.1) is 11.6 Å². The first-order chi connectivity index (χ1) is 4.65. The Morgan fingerprint density at radius 2 is 2.40 bits per heavy atom. The molecule has 0 aromatic rings. The van der Waals surface area contributed by atoms with Crippen molar-refractivity contribution in [2.75, 3.05) is 5.88 Å². The minimum absolute atomic E-state index is 0.0451. The lowest BCUT2D eigenvalue weighted by molar-refractivity contribution is -0.121. The third kappa shape index (κ3) is 1.07. The molecule has 0 aromatic carbocycles. The second-order valence-corrected chi connectivity index (χ2v) is 3.55. The van der Waals surface area contributed by atoms with Gasteiger partial charge in [-0.05, 0) is 12.3 Å². The minimum atomic E-state index is -0.0451. The van der Waals surface area contributed by atoms with Crippen LogP contribution in [0.2, 0.25) is 0 Å². The fourth-order valence-electron chi connectivity index (χ4n) is 1.54. The minimum Gasteiger partial charge on any atom is -0.298 e. The highest BCUT2D eigenvalue weighted by Gasteiger charge is 2.53. The molecule has 2 heteroatoms. The van der Waals surface area contributed by atoms with Crippen molar-refractivity contribution in [2.45, 2.75) is 26.7 Å². The molecule has 1 aliphatic rings. The number of hydrogen-bond acceptors (Lipinski definition) is 1. The first-order valence-electron chi connectivity index (χ1n) is 3.74. The van der Waals surface area contributed by atoms with E-state index in [0.29, 0.717) is 5.92 Å². The average Bonchev–Trinajstić information content (AvgIpc) is 2.61. The molecule has 0 radical (unpaired) electrons. The van der Waals surface area contributed by atoms with Crippen LogP contribution in [0.4, 0.5) is 0 Å². The maximum Gasteiger partial charge on any atom is 0.153 e. The van der Waals surface area contributed by atoms with Gasteiger partial charge in [-0.3, -0.25) is 4.79 Å². The van der Waals surface area contributed by atoms with Gasteiger partial charge in [0.05, 0.1) is 5.88 Å². The Balaban J connectivity index is 2.50. The molecule has 0 aromatic heterocycles. The molecule has 1 rings (SSSR count). The zero-order valence-corrected chi connectivity index (χ0v) is 7.24. The molecular weight excluding hydrogens is 148 g/mol. The summed E-state index contributed by atoms with van der Waals surface area (Å²) in [5.41, 5.74) is -0.0451. The molecule has 10 heavy (non-hydrogen) atoms. The van der Waals surface area contributed by atoms with E-state index in [1.807, 2.05) is 6.92 Å². The van der Waals surface area contributed by atoms with Crippen molar-refractivity contribution in [2.24, 2.45) is 11.3 Å². The number of rotatable bonds is 3. The Bertz CT molecular complexity index is 155. The predicted octanol–water partition coefficient (Wildman–Crippen LogP) is 2.23. The van der Waals surface area contributed by atoms with E-state index in [9.17, 15) is 4.79 Å². The van der Waals surface area contributed by atoms with E-state index in [0.717, 1.165) is 12.8 Å². The van der Waals surface area contributed by atoms with Crippen molar-refractivity contribution < 1.29 is 4.79 Å². The lowest BCUT2D eigenvalue weighted by Crippen LogP contribution is -2.15. The number of halogens is 1. The second kappa shape index (κ2) is 2.54. The van der Waals surface area contributed by atoms with E-state index >= 15 is 0 Å². The molecule has 0 N–H and O–H groups in total. The molecular formula is C8H13ClO. The van der Waals surface area contributed by atoms with Crippen molar-refractivity contribution in [1.29, 1.82) is 0 Å². The maximum absolute atomic E-state index is 11.1. The van der Waals surface area contributed by atoms with Gasteiger partial charge >= 0.3 is 0 Å². The first kappa shape index (κ1) is 8.06. The van der Waals surface area contributed by atoms with E-state index in [1.165, 1.54) is 0 Å². The fraction of sp³-hybridized carbons (Fsp3) is 0.875. The zero-order valence-electron chi connectivity index (χ0n) is 6.48. The summed E-state index contributed by atoms with van der Waals surface area (Å²) in [4.78, 5) is 11.1. The van der Waals surface area contributed by atoms with E-state index in [-0.39, 0.29) is 17.1 Å². The number of carbonyl (C=O) groups excluding carboxylic acids is 1. The Labute approximate surface area is 66.8 Å². The van der Waals surface area contributed by atoms with Gasteiger partial charge in [0, 0.05) is 5.41 Å². The molecule has 0 amide bonds. The van der Waals surface area contributed by atoms with Gasteiger partial charge in [-0.1, -0.05) is 20.3 Å². The topological polar surface area (TPSA) is 17.1 Å². The van der Waals surface area contributed by atoms with Crippen LogP contribution < -0.4 is 0 Å². The highest BCUT2D eigenvalue weighted by molar-refractivity contribution is 6.28. The van der Waals surface area contributed by atoms with Crippen molar-refractivity contribution in [3.05, 3.63) is 0 Å². The summed E-state index contributed by atoms with van der Waals surface area (Å²) in [6, 6.07) is 0. The molecule has 0 bridgehead atoms. The number of alkyl halides is 1. The smallest absolute Gasteiger partial charge is 0.153 e. The summed E-state index contributed by atoms with van der Waals surface area (Å²) in [6.45, 7) is 4.14. The van der Waals surface area contributed by atoms with Gasteiger partial charge in [-0.25, -0.2) is 0 Å². The Kier molecular flexibility index (Phi) is 2.04. The van der Waals surface area contributed by atoms with Crippen LogP contribution >= 0.6 is 11.6 Å². The molecule has 1 fully saturated rings. The number of Topliss-reactive ketones (excluding diaryl/α,β-unsaturated/α-hetero) is 1. The van der Waals surface area contributed by atoms with E-state index in [2.05, 4.69) is 6.92 Å². The summed E-state index contributed by atoms with van der Waals surface area (Å²) in [5.74, 6) is 1.02. The second-order valence-electron chi connectivity index (χ2n) is 3.28. The SMILES string of the molecule is CC[C@@H]1C[C@@]1(C)C(=O)CCl. The van der Waals surface area contributed by atoms with Crippen LogP contribution in [-0.4, -0.2) is 11.7 Å². The van der Waals surface area contributed by atoms with Crippen LogP contribution in [0.25, 0.3) is 0 Å². The Morgan fingerprint density at radius 1 is 1.80 bits per heavy atom. The third-order valence-electron chi connectivity index (χ3n) is 2.66. The lowest BCUT2D eigenvalue weighted by atomic mass is 10.0. The molecule has 0 saturated heterocycles. The maximum atomic E-state index is 11.1. The van der Waals surface area contributed by atoms with Crippen LogP contribution in [0.1, 0.15) is 26.7 Å². The van der Waals surface area contributed by atoms with Gasteiger partial charge in [0.25, 0.3) is 0 Å². The van der Waals surface area contributed by atoms with E-state index in [4.69, 9.17) is 11.6 Å². The van der Waals surface area contributed by atoms with Crippen LogP contribution in [0.5, 0.6) is 0 Å². The fourth-order valence-corrected chi connectivity index (χ4v) is 1.85. The summed E-state index contributed by atoms with van der Waals surface area (Å²) >= 11 is 5.45. The zero-order chi connectivity index (χ0) is 7.78. The summed E-state index contributed by atoms with van der Waals surface area (Å²) in [5, 5.41) is 0. The van der Waals surface area contributed by atoms with E-state index < -0.39 is 0 Å². The Hall–Kier alpha value is -0.0400. The molecule has 0 aliphatic heterocycles. The highest BCUT2D eigenvalue weighted by atomic mass is 35.5. The van der Waals surface area contributed by atoms with Crippen LogP contribution in [-0.2, 0) is 4.79 Å². The van der Waals surface area contributed by atoms with Gasteiger partial charge in [0.1, 0.15) is 0 Å². The summed E-state index contributed by atoms with van der Waals surface area (Å²) in [6.07, 6.45) is 2.16. The van der Waals surface area contributed by atoms with Crippen molar-refractivity contribution in [3.8, 4) is 0 Å². The standard InChI is InChI=1S/C8H13ClO/c1-3-6-4-8(6,2)7(10)5-9/h6H,3-5H2,1-2H3/t6-,8-/m1/s1. The van der Waals surface area contributed by atoms with E-state index in [1.54, 1.807) is 0 Å². The quantitative estimate of drug-likeness (QED) is 0.579. The highest BCUT2D eigenvalue weighted by Crippen LogP contribution is 2.54. The number of ketones is 1. The molecule has 1 nitrogen and oxygen atoms in total.